The maximum Gasteiger partial charge on any atom is 0.295 e. The lowest BCUT2D eigenvalue weighted by Crippen LogP contribution is -2.23. The summed E-state index contributed by atoms with van der Waals surface area (Å²) >= 11 is 7.38. The van der Waals surface area contributed by atoms with Gasteiger partial charge in [0.2, 0.25) is 5.91 Å². The molecule has 0 radical (unpaired) electrons. The third-order valence-corrected chi connectivity index (χ3v) is 6.47. The zero-order valence-corrected chi connectivity index (χ0v) is 20.0. The average molecular weight is 483 g/mol. The standard InChI is InChI=1S/C23H23ClN6O2S/c1-4-29-21(16-9-8-10-17(24)13-16)26-27-23(29)33-14-19(31)25-20-15(2)28(3)30(22(20)32)18-11-6-5-7-12-18/h5-13H,4,14H2,1-3H3,(H,25,31). The molecule has 170 valence electrons. The van der Waals surface area contributed by atoms with Crippen LogP contribution in [0.2, 0.25) is 5.02 Å². The molecule has 0 aliphatic rings. The number of benzene rings is 2. The lowest BCUT2D eigenvalue weighted by Gasteiger charge is -2.08. The minimum Gasteiger partial charge on any atom is -0.319 e. The number of carbonyl (C=O) groups is 1. The minimum absolute atomic E-state index is 0.0901. The molecular weight excluding hydrogens is 460 g/mol. The number of thioether (sulfide) groups is 1. The van der Waals surface area contributed by atoms with E-state index in [1.165, 1.54) is 16.4 Å². The van der Waals surface area contributed by atoms with Crippen molar-refractivity contribution in [2.24, 2.45) is 7.05 Å². The molecule has 33 heavy (non-hydrogen) atoms. The Morgan fingerprint density at radius 1 is 1.12 bits per heavy atom. The summed E-state index contributed by atoms with van der Waals surface area (Å²) in [6, 6.07) is 16.7. The number of aromatic nitrogens is 5. The van der Waals surface area contributed by atoms with Crippen molar-refractivity contribution < 1.29 is 4.79 Å². The van der Waals surface area contributed by atoms with Crippen LogP contribution in [0.3, 0.4) is 0 Å². The summed E-state index contributed by atoms with van der Waals surface area (Å²) in [5.74, 6) is 0.487. The molecule has 2 aromatic heterocycles. The van der Waals surface area contributed by atoms with Crippen LogP contribution in [0, 0.1) is 6.92 Å². The van der Waals surface area contributed by atoms with E-state index < -0.39 is 0 Å². The van der Waals surface area contributed by atoms with E-state index in [1.807, 2.05) is 60.0 Å². The van der Waals surface area contributed by atoms with Gasteiger partial charge < -0.3 is 9.88 Å². The van der Waals surface area contributed by atoms with Gasteiger partial charge in [0.15, 0.2) is 11.0 Å². The third kappa shape index (κ3) is 4.60. The van der Waals surface area contributed by atoms with Gasteiger partial charge in [-0.1, -0.05) is 53.7 Å². The number of hydrogen-bond donors (Lipinski definition) is 1. The fraction of sp³-hybridized carbons (Fsp3) is 0.217. The zero-order valence-electron chi connectivity index (χ0n) is 18.4. The summed E-state index contributed by atoms with van der Waals surface area (Å²) in [7, 11) is 1.79. The van der Waals surface area contributed by atoms with Crippen LogP contribution in [-0.4, -0.2) is 35.8 Å². The van der Waals surface area contributed by atoms with E-state index in [0.29, 0.717) is 28.2 Å². The molecule has 8 nitrogen and oxygen atoms in total. The van der Waals surface area contributed by atoms with E-state index in [2.05, 4.69) is 15.5 Å². The van der Waals surface area contributed by atoms with Gasteiger partial charge in [0.1, 0.15) is 5.69 Å². The van der Waals surface area contributed by atoms with Crippen molar-refractivity contribution in [1.29, 1.82) is 0 Å². The molecule has 0 spiro atoms. The molecule has 2 aromatic carbocycles. The lowest BCUT2D eigenvalue weighted by atomic mass is 10.2. The van der Waals surface area contributed by atoms with Crippen LogP contribution in [-0.2, 0) is 18.4 Å². The summed E-state index contributed by atoms with van der Waals surface area (Å²) in [5.41, 5.74) is 2.24. The number of nitrogens with zero attached hydrogens (tertiary/aromatic N) is 5. The number of halogens is 1. The SMILES string of the molecule is CCn1c(SCC(=O)Nc2c(C)n(C)n(-c3ccccc3)c2=O)nnc1-c1cccc(Cl)c1. The molecule has 0 bridgehead atoms. The molecule has 4 rings (SSSR count). The highest BCUT2D eigenvalue weighted by Crippen LogP contribution is 2.26. The average Bonchev–Trinajstić information content (AvgIpc) is 3.32. The summed E-state index contributed by atoms with van der Waals surface area (Å²) in [6.45, 7) is 4.42. The Balaban J connectivity index is 1.51. The van der Waals surface area contributed by atoms with Crippen LogP contribution in [0.5, 0.6) is 0 Å². The number of anilines is 1. The topological polar surface area (TPSA) is 86.7 Å². The summed E-state index contributed by atoms with van der Waals surface area (Å²) < 4.78 is 5.19. The van der Waals surface area contributed by atoms with Gasteiger partial charge in [0, 0.05) is 24.2 Å². The van der Waals surface area contributed by atoms with E-state index >= 15 is 0 Å². The second-order valence-electron chi connectivity index (χ2n) is 7.33. The molecule has 1 amide bonds. The summed E-state index contributed by atoms with van der Waals surface area (Å²) in [6.07, 6.45) is 0. The maximum absolute atomic E-state index is 13.0. The van der Waals surface area contributed by atoms with Crippen LogP contribution in [0.4, 0.5) is 5.69 Å². The molecule has 4 aromatic rings. The Hall–Kier alpha value is -3.30. The van der Waals surface area contributed by atoms with Gasteiger partial charge in [-0.2, -0.15) is 0 Å². The maximum atomic E-state index is 13.0. The van der Waals surface area contributed by atoms with Crippen LogP contribution < -0.4 is 10.9 Å². The highest BCUT2D eigenvalue weighted by Gasteiger charge is 2.19. The minimum atomic E-state index is -0.291. The smallest absolute Gasteiger partial charge is 0.295 e. The van der Waals surface area contributed by atoms with Gasteiger partial charge >= 0.3 is 0 Å². The Morgan fingerprint density at radius 2 is 1.88 bits per heavy atom. The molecule has 0 unspecified atom stereocenters. The van der Waals surface area contributed by atoms with Crippen molar-refractivity contribution in [3.63, 3.8) is 0 Å². The van der Waals surface area contributed by atoms with Crippen LogP contribution in [0.1, 0.15) is 12.6 Å². The monoisotopic (exact) mass is 482 g/mol. The zero-order chi connectivity index (χ0) is 23.5. The highest BCUT2D eigenvalue weighted by molar-refractivity contribution is 7.99. The van der Waals surface area contributed by atoms with Crippen molar-refractivity contribution in [1.82, 2.24) is 24.1 Å². The van der Waals surface area contributed by atoms with Crippen LogP contribution in [0.25, 0.3) is 17.1 Å². The first-order valence-electron chi connectivity index (χ1n) is 10.4. The number of hydrogen-bond acceptors (Lipinski definition) is 5. The Labute approximate surface area is 200 Å². The van der Waals surface area contributed by atoms with Crippen molar-refractivity contribution in [2.75, 3.05) is 11.1 Å². The number of carbonyl (C=O) groups excluding carboxylic acids is 1. The Bertz CT molecular complexity index is 1360. The molecule has 0 aliphatic carbocycles. The van der Waals surface area contributed by atoms with Gasteiger partial charge in [-0.3, -0.25) is 14.3 Å². The molecule has 0 saturated heterocycles. The quantitative estimate of drug-likeness (QED) is 0.400. The third-order valence-electron chi connectivity index (χ3n) is 5.27. The predicted molar refractivity (Wildman–Crippen MR) is 131 cm³/mol. The van der Waals surface area contributed by atoms with Gasteiger partial charge in [-0.05, 0) is 38.1 Å². The number of nitrogens with one attached hydrogen (secondary N) is 1. The fourth-order valence-corrected chi connectivity index (χ4v) is 4.53. The van der Waals surface area contributed by atoms with E-state index in [4.69, 9.17) is 11.6 Å². The van der Waals surface area contributed by atoms with Crippen molar-refractivity contribution in [2.45, 2.75) is 25.5 Å². The van der Waals surface area contributed by atoms with E-state index in [-0.39, 0.29) is 22.9 Å². The largest absolute Gasteiger partial charge is 0.319 e. The fourth-order valence-electron chi connectivity index (χ4n) is 3.54. The van der Waals surface area contributed by atoms with Crippen molar-refractivity contribution in [3.05, 3.63) is 75.7 Å². The van der Waals surface area contributed by atoms with Gasteiger partial charge in [0.25, 0.3) is 5.56 Å². The number of amides is 1. The molecule has 0 saturated carbocycles. The second-order valence-corrected chi connectivity index (χ2v) is 8.71. The van der Waals surface area contributed by atoms with Gasteiger partial charge in [0.05, 0.1) is 17.1 Å². The van der Waals surface area contributed by atoms with Crippen LogP contribution >= 0.6 is 23.4 Å². The first kappa shape index (κ1) is 22.9. The van der Waals surface area contributed by atoms with E-state index in [1.54, 1.807) is 24.7 Å². The molecule has 2 heterocycles. The molecule has 10 heteroatoms. The lowest BCUT2D eigenvalue weighted by molar-refractivity contribution is -0.113. The van der Waals surface area contributed by atoms with Crippen LogP contribution in [0.15, 0.2) is 64.5 Å². The second kappa shape index (κ2) is 9.68. The Morgan fingerprint density at radius 3 is 2.58 bits per heavy atom. The van der Waals surface area contributed by atoms with E-state index in [9.17, 15) is 9.59 Å². The van der Waals surface area contributed by atoms with Gasteiger partial charge in [-0.15, -0.1) is 10.2 Å². The first-order chi connectivity index (χ1) is 15.9. The van der Waals surface area contributed by atoms with Crippen molar-refractivity contribution in [3.8, 4) is 17.1 Å². The molecule has 0 aliphatic heterocycles. The Kier molecular flexibility index (Phi) is 6.71. The number of para-hydroxylation sites is 1. The molecule has 1 N–H and O–H groups in total. The van der Waals surface area contributed by atoms with Gasteiger partial charge in [-0.25, -0.2) is 4.68 Å². The summed E-state index contributed by atoms with van der Waals surface area (Å²) in [5, 5.41) is 12.5. The summed E-state index contributed by atoms with van der Waals surface area (Å²) in [4.78, 5) is 25.7. The number of rotatable bonds is 7. The van der Waals surface area contributed by atoms with Crippen molar-refractivity contribution >= 4 is 35.0 Å². The van der Waals surface area contributed by atoms with E-state index in [0.717, 1.165) is 11.3 Å². The first-order valence-corrected chi connectivity index (χ1v) is 11.7. The normalized spacial score (nSPS) is 11.0. The molecular formula is C23H23ClN6O2S. The molecule has 0 fully saturated rings. The highest BCUT2D eigenvalue weighted by atomic mass is 35.5. The molecule has 0 atom stereocenters. The predicted octanol–water partition coefficient (Wildman–Crippen LogP) is 4.15.